The number of fused-ring (bicyclic) bond motifs is 2. The minimum absolute atomic E-state index is 0.396. The van der Waals surface area contributed by atoms with Crippen molar-refractivity contribution in [1.82, 2.24) is 0 Å². The molecule has 0 saturated heterocycles. The van der Waals surface area contributed by atoms with Crippen molar-refractivity contribution in [2.75, 3.05) is 0 Å². The van der Waals surface area contributed by atoms with Crippen LogP contribution in [0, 0.1) is 5.92 Å². The van der Waals surface area contributed by atoms with Crippen LogP contribution in [0.15, 0.2) is 41.0 Å². The van der Waals surface area contributed by atoms with E-state index < -0.39 is 11.9 Å². The van der Waals surface area contributed by atoms with Crippen LogP contribution in [0.3, 0.4) is 0 Å². The average molecular weight is 213 g/mol. The average Bonchev–Trinajstić information content (AvgIpc) is 2.66. The minimum Gasteiger partial charge on any atom is -0.481 e. The van der Waals surface area contributed by atoms with Crippen molar-refractivity contribution in [2.24, 2.45) is 10.9 Å². The Morgan fingerprint density at radius 2 is 2.19 bits per heavy atom. The molecule has 0 fully saturated rings. The summed E-state index contributed by atoms with van der Waals surface area (Å²) in [4.78, 5) is 15.7. The van der Waals surface area contributed by atoms with E-state index in [4.69, 9.17) is 0 Å². The molecule has 3 nitrogen and oxygen atoms in total. The molecule has 0 aromatic heterocycles. The van der Waals surface area contributed by atoms with Gasteiger partial charge in [-0.2, -0.15) is 0 Å². The van der Waals surface area contributed by atoms with Gasteiger partial charge in [0.15, 0.2) is 0 Å². The summed E-state index contributed by atoms with van der Waals surface area (Å²) in [6.45, 7) is 0. The fourth-order valence-electron chi connectivity index (χ4n) is 2.43. The van der Waals surface area contributed by atoms with E-state index in [0.717, 1.165) is 28.3 Å². The molecular weight excluding hydrogens is 202 g/mol. The number of nitrogens with zero attached hydrogens (tertiary/aromatic N) is 1. The molecule has 1 unspecified atom stereocenters. The van der Waals surface area contributed by atoms with Gasteiger partial charge in [0.05, 0.1) is 17.0 Å². The van der Waals surface area contributed by atoms with Crippen LogP contribution in [0.2, 0.25) is 0 Å². The molecule has 1 aliphatic heterocycles. The van der Waals surface area contributed by atoms with Crippen LogP contribution >= 0.6 is 0 Å². The zero-order valence-corrected chi connectivity index (χ0v) is 8.68. The molecule has 0 spiro atoms. The number of carbonyl (C=O) groups is 1. The fraction of sp³-hybridized carbons (Fsp3) is 0.231. The second-order valence-corrected chi connectivity index (χ2v) is 4.10. The van der Waals surface area contributed by atoms with Gasteiger partial charge in [-0.25, -0.2) is 4.99 Å². The van der Waals surface area contributed by atoms with Crippen LogP contribution in [-0.4, -0.2) is 11.1 Å². The lowest BCUT2D eigenvalue weighted by molar-refractivity contribution is -0.139. The van der Waals surface area contributed by atoms with Gasteiger partial charge in [0, 0.05) is 10.8 Å². The Bertz CT molecular complexity index is 613. The predicted molar refractivity (Wildman–Crippen MR) is 59.1 cm³/mol. The van der Waals surface area contributed by atoms with Gasteiger partial charge in [-0.05, 0) is 18.9 Å². The van der Waals surface area contributed by atoms with E-state index in [1.165, 1.54) is 0 Å². The summed E-state index contributed by atoms with van der Waals surface area (Å²) >= 11 is 0. The summed E-state index contributed by atoms with van der Waals surface area (Å²) in [5.74, 6) is -1.14. The van der Waals surface area contributed by atoms with Crippen LogP contribution in [-0.2, 0) is 4.79 Å². The van der Waals surface area contributed by atoms with Crippen molar-refractivity contribution in [3.05, 3.63) is 46.6 Å². The number of allylic oxidation sites excluding steroid dienone is 2. The van der Waals surface area contributed by atoms with Crippen molar-refractivity contribution in [3.63, 3.8) is 0 Å². The highest BCUT2D eigenvalue weighted by atomic mass is 16.4. The van der Waals surface area contributed by atoms with E-state index in [2.05, 4.69) is 4.99 Å². The van der Waals surface area contributed by atoms with Gasteiger partial charge in [0.2, 0.25) is 0 Å². The third-order valence-corrected chi connectivity index (χ3v) is 3.15. The Labute approximate surface area is 92.4 Å². The van der Waals surface area contributed by atoms with Gasteiger partial charge in [0.1, 0.15) is 0 Å². The normalized spacial score (nSPS) is 21.9. The van der Waals surface area contributed by atoms with Crippen molar-refractivity contribution in [1.29, 1.82) is 0 Å². The van der Waals surface area contributed by atoms with Crippen LogP contribution in [0.25, 0.3) is 5.57 Å². The molecule has 1 aromatic carbocycles. The van der Waals surface area contributed by atoms with Gasteiger partial charge in [-0.3, -0.25) is 4.79 Å². The van der Waals surface area contributed by atoms with Crippen LogP contribution < -0.4 is 10.6 Å². The first-order chi connectivity index (χ1) is 7.77. The predicted octanol–water partition coefficient (Wildman–Crippen LogP) is 0.849. The van der Waals surface area contributed by atoms with Crippen LogP contribution in [0.1, 0.15) is 12.8 Å². The van der Waals surface area contributed by atoms with Gasteiger partial charge in [-0.1, -0.05) is 24.3 Å². The molecule has 1 aliphatic carbocycles. The summed E-state index contributed by atoms with van der Waals surface area (Å²) in [7, 11) is 0. The highest BCUT2D eigenvalue weighted by Gasteiger charge is 2.30. The zero-order chi connectivity index (χ0) is 11.1. The Morgan fingerprint density at radius 1 is 1.38 bits per heavy atom. The first-order valence-electron chi connectivity index (χ1n) is 5.38. The summed E-state index contributed by atoms with van der Waals surface area (Å²) in [5, 5.41) is 11.1. The Kier molecular flexibility index (Phi) is 1.93. The number of rotatable bonds is 1. The van der Waals surface area contributed by atoms with E-state index in [1.54, 1.807) is 0 Å². The molecule has 0 amide bonds. The van der Waals surface area contributed by atoms with Gasteiger partial charge >= 0.3 is 5.97 Å². The van der Waals surface area contributed by atoms with Crippen LogP contribution in [0.4, 0.5) is 0 Å². The molecule has 16 heavy (non-hydrogen) atoms. The molecule has 1 heterocycles. The molecule has 0 bridgehead atoms. The molecule has 3 heteroatoms. The monoisotopic (exact) mass is 213 g/mol. The second kappa shape index (κ2) is 3.30. The third kappa shape index (κ3) is 1.21. The first-order valence-corrected chi connectivity index (χ1v) is 5.38. The number of hydrogen-bond acceptors (Lipinski definition) is 2. The van der Waals surface area contributed by atoms with Gasteiger partial charge in [0.25, 0.3) is 0 Å². The molecule has 1 N–H and O–H groups in total. The van der Waals surface area contributed by atoms with E-state index in [1.807, 2.05) is 30.3 Å². The molecular formula is C13H11NO2. The zero-order valence-electron chi connectivity index (χ0n) is 8.68. The fourth-order valence-corrected chi connectivity index (χ4v) is 2.43. The lowest BCUT2D eigenvalue weighted by Gasteiger charge is -2.18. The smallest absolute Gasteiger partial charge is 0.311 e. The SMILES string of the molecule is O=C(O)C1CCC=C2N=c3ccccc3=C21. The maximum Gasteiger partial charge on any atom is 0.311 e. The number of para-hydroxylation sites is 1. The largest absolute Gasteiger partial charge is 0.481 e. The number of benzene rings is 1. The lowest BCUT2D eigenvalue weighted by Crippen LogP contribution is -2.27. The molecule has 1 aromatic rings. The highest BCUT2D eigenvalue weighted by Crippen LogP contribution is 2.32. The topological polar surface area (TPSA) is 49.7 Å². The van der Waals surface area contributed by atoms with Crippen molar-refractivity contribution < 1.29 is 9.90 Å². The third-order valence-electron chi connectivity index (χ3n) is 3.15. The van der Waals surface area contributed by atoms with E-state index in [0.29, 0.717) is 6.42 Å². The molecule has 2 aliphatic rings. The second-order valence-electron chi connectivity index (χ2n) is 4.10. The maximum atomic E-state index is 11.2. The molecule has 1 atom stereocenters. The Morgan fingerprint density at radius 3 is 3.00 bits per heavy atom. The van der Waals surface area contributed by atoms with Crippen molar-refractivity contribution in [3.8, 4) is 0 Å². The molecule has 80 valence electrons. The van der Waals surface area contributed by atoms with Crippen molar-refractivity contribution in [2.45, 2.75) is 12.8 Å². The van der Waals surface area contributed by atoms with Gasteiger partial charge in [-0.15, -0.1) is 0 Å². The number of hydrogen-bond donors (Lipinski definition) is 1. The van der Waals surface area contributed by atoms with E-state index in [-0.39, 0.29) is 0 Å². The summed E-state index contributed by atoms with van der Waals surface area (Å²) in [6, 6.07) is 7.74. The maximum absolute atomic E-state index is 11.2. The summed E-state index contributed by atoms with van der Waals surface area (Å²) < 4.78 is 0. The summed E-state index contributed by atoms with van der Waals surface area (Å²) in [6.07, 6.45) is 3.51. The van der Waals surface area contributed by atoms with Gasteiger partial charge < -0.3 is 5.11 Å². The molecule has 0 radical (unpaired) electrons. The Balaban J connectivity index is 2.34. The first kappa shape index (κ1) is 9.33. The number of carboxylic acids is 1. The van der Waals surface area contributed by atoms with E-state index >= 15 is 0 Å². The highest BCUT2D eigenvalue weighted by molar-refractivity contribution is 5.88. The Hall–Kier alpha value is -1.90. The minimum atomic E-state index is -0.743. The van der Waals surface area contributed by atoms with E-state index in [9.17, 15) is 9.90 Å². The van der Waals surface area contributed by atoms with Crippen LogP contribution in [0.5, 0.6) is 0 Å². The number of aliphatic carboxylic acids is 1. The standard InChI is InChI=1S/C13H11NO2/c15-13(16)9-5-3-7-11-12(9)8-4-1-2-6-10(8)14-11/h1-2,4,6-7,9H,3,5H2,(H,15,16). The van der Waals surface area contributed by atoms with Crippen molar-refractivity contribution >= 4 is 11.5 Å². The molecule has 0 saturated carbocycles. The quantitative estimate of drug-likeness (QED) is 0.751. The molecule has 3 rings (SSSR count). The number of carboxylic acid groups (broad SMARTS) is 1. The summed E-state index contributed by atoms with van der Waals surface area (Å²) in [5.41, 5.74) is 1.76. The lowest BCUT2D eigenvalue weighted by atomic mass is 9.86.